The number of hydrogen-bond donors (Lipinski definition) is 0. The molecule has 2 aliphatic rings. The fourth-order valence-corrected chi connectivity index (χ4v) is 3.99. The van der Waals surface area contributed by atoms with Crippen LogP contribution in [0.5, 0.6) is 0 Å². The zero-order chi connectivity index (χ0) is 15.0. The molecule has 1 heterocycles. The Kier molecular flexibility index (Phi) is 4.27. The molecule has 0 aromatic carbocycles. The van der Waals surface area contributed by atoms with Gasteiger partial charge in [-0.2, -0.15) is 0 Å². The molecule has 2 fully saturated rings. The van der Waals surface area contributed by atoms with E-state index in [0.29, 0.717) is 6.54 Å². The molecular formula is C17H29NO2. The summed E-state index contributed by atoms with van der Waals surface area (Å²) in [6, 6.07) is 0. The third-order valence-electron chi connectivity index (χ3n) is 5.99. The summed E-state index contributed by atoms with van der Waals surface area (Å²) in [4.78, 5) is 26.9. The number of nitrogens with zero attached hydrogens (tertiary/aromatic N) is 1. The molecular weight excluding hydrogens is 250 g/mol. The summed E-state index contributed by atoms with van der Waals surface area (Å²) >= 11 is 0. The third kappa shape index (κ3) is 2.19. The van der Waals surface area contributed by atoms with Gasteiger partial charge in [0.1, 0.15) is 0 Å². The van der Waals surface area contributed by atoms with E-state index < -0.39 is 0 Å². The van der Waals surface area contributed by atoms with Crippen LogP contribution in [0.1, 0.15) is 72.6 Å². The second-order valence-corrected chi connectivity index (χ2v) is 7.35. The molecule has 0 radical (unpaired) electrons. The number of carbonyl (C=O) groups is 2. The molecule has 2 rings (SSSR count). The average Bonchev–Trinajstić information content (AvgIpc) is 2.58. The summed E-state index contributed by atoms with van der Waals surface area (Å²) in [6.07, 6.45) is 7.49. The number of amides is 2. The molecule has 2 atom stereocenters. The van der Waals surface area contributed by atoms with E-state index in [1.807, 2.05) is 0 Å². The van der Waals surface area contributed by atoms with Gasteiger partial charge in [-0.25, -0.2) is 0 Å². The maximum Gasteiger partial charge on any atom is 0.235 e. The Morgan fingerprint density at radius 1 is 1.10 bits per heavy atom. The summed E-state index contributed by atoms with van der Waals surface area (Å²) in [7, 11) is 0. The highest BCUT2D eigenvalue weighted by molar-refractivity contribution is 6.03. The number of rotatable bonds is 6. The van der Waals surface area contributed by atoms with Crippen LogP contribution in [0.15, 0.2) is 0 Å². The van der Waals surface area contributed by atoms with Crippen LogP contribution in [0.2, 0.25) is 0 Å². The topological polar surface area (TPSA) is 37.4 Å². The van der Waals surface area contributed by atoms with Gasteiger partial charge >= 0.3 is 0 Å². The summed E-state index contributed by atoms with van der Waals surface area (Å²) in [6.45, 7) is 9.08. The Morgan fingerprint density at radius 3 is 2.40 bits per heavy atom. The highest BCUT2D eigenvalue weighted by atomic mass is 16.2. The Morgan fingerprint density at radius 2 is 1.75 bits per heavy atom. The lowest BCUT2D eigenvalue weighted by molar-refractivity contribution is -0.167. The second kappa shape index (κ2) is 5.50. The fraction of sp³-hybridized carbons (Fsp3) is 0.882. The molecule has 0 N–H and O–H groups in total. The van der Waals surface area contributed by atoms with Gasteiger partial charge in [0.2, 0.25) is 11.8 Å². The lowest BCUT2D eigenvalue weighted by atomic mass is 9.62. The van der Waals surface area contributed by atoms with E-state index in [2.05, 4.69) is 27.7 Å². The van der Waals surface area contributed by atoms with E-state index in [1.165, 1.54) is 19.3 Å². The predicted octanol–water partition coefficient (Wildman–Crippen LogP) is 3.77. The molecule has 2 bridgehead atoms. The first kappa shape index (κ1) is 15.5. The molecule has 1 saturated carbocycles. The smallest absolute Gasteiger partial charge is 0.235 e. The van der Waals surface area contributed by atoms with Gasteiger partial charge in [0.25, 0.3) is 0 Å². The first-order valence-corrected chi connectivity index (χ1v) is 8.22. The lowest BCUT2D eigenvalue weighted by Crippen LogP contribution is -2.59. The van der Waals surface area contributed by atoms with Gasteiger partial charge in [0, 0.05) is 12.5 Å². The van der Waals surface area contributed by atoms with Crippen LogP contribution in [0.4, 0.5) is 0 Å². The Balaban J connectivity index is 2.02. The van der Waals surface area contributed by atoms with Crippen LogP contribution in [0.3, 0.4) is 0 Å². The SMILES string of the molecule is CCCCCCCN1C(=O)[C@H]2CC[C@@](C)(C1=O)C2(C)C. The van der Waals surface area contributed by atoms with Crippen molar-refractivity contribution in [2.45, 2.75) is 72.6 Å². The third-order valence-corrected chi connectivity index (χ3v) is 5.99. The maximum atomic E-state index is 12.8. The zero-order valence-corrected chi connectivity index (χ0v) is 13.5. The number of carbonyl (C=O) groups excluding carboxylic acids is 2. The van der Waals surface area contributed by atoms with Crippen LogP contribution >= 0.6 is 0 Å². The van der Waals surface area contributed by atoms with Gasteiger partial charge in [-0.05, 0) is 24.7 Å². The number of piperidine rings is 1. The van der Waals surface area contributed by atoms with Gasteiger partial charge < -0.3 is 0 Å². The van der Waals surface area contributed by atoms with E-state index in [1.54, 1.807) is 4.90 Å². The minimum Gasteiger partial charge on any atom is -0.282 e. The van der Waals surface area contributed by atoms with E-state index >= 15 is 0 Å². The minimum absolute atomic E-state index is 0.0424. The number of unbranched alkanes of at least 4 members (excludes halogenated alkanes) is 4. The molecule has 0 unspecified atom stereocenters. The highest BCUT2D eigenvalue weighted by Gasteiger charge is 2.64. The molecule has 20 heavy (non-hydrogen) atoms. The second-order valence-electron chi connectivity index (χ2n) is 7.35. The fourth-order valence-electron chi connectivity index (χ4n) is 3.99. The summed E-state index contributed by atoms with van der Waals surface area (Å²) < 4.78 is 0. The average molecular weight is 279 g/mol. The van der Waals surface area contributed by atoms with Gasteiger partial charge in [-0.3, -0.25) is 14.5 Å². The normalized spacial score (nSPS) is 32.0. The zero-order valence-electron chi connectivity index (χ0n) is 13.5. The Labute approximate surface area is 123 Å². The van der Waals surface area contributed by atoms with Gasteiger partial charge in [-0.1, -0.05) is 53.4 Å². The maximum absolute atomic E-state index is 12.8. The Hall–Kier alpha value is -0.860. The summed E-state index contributed by atoms with van der Waals surface area (Å²) in [5, 5.41) is 0. The van der Waals surface area contributed by atoms with Crippen LogP contribution in [0.25, 0.3) is 0 Å². The van der Waals surface area contributed by atoms with Crippen LogP contribution in [0, 0.1) is 16.7 Å². The number of fused-ring (bicyclic) bond motifs is 2. The number of hydrogen-bond acceptors (Lipinski definition) is 2. The summed E-state index contributed by atoms with van der Waals surface area (Å²) in [5.74, 6) is 0.211. The van der Waals surface area contributed by atoms with Crippen molar-refractivity contribution in [1.29, 1.82) is 0 Å². The first-order valence-electron chi connectivity index (χ1n) is 8.22. The lowest BCUT2D eigenvalue weighted by Gasteiger charge is -2.47. The molecule has 114 valence electrons. The number of imide groups is 1. The molecule has 0 aromatic rings. The van der Waals surface area contributed by atoms with Crippen molar-refractivity contribution in [3.63, 3.8) is 0 Å². The predicted molar refractivity (Wildman–Crippen MR) is 80.1 cm³/mol. The van der Waals surface area contributed by atoms with Gasteiger partial charge in [-0.15, -0.1) is 0 Å². The van der Waals surface area contributed by atoms with Crippen LogP contribution in [-0.2, 0) is 9.59 Å². The molecule has 1 aliphatic carbocycles. The summed E-state index contributed by atoms with van der Waals surface area (Å²) in [5.41, 5.74) is -0.519. The van der Waals surface area contributed by atoms with Crippen molar-refractivity contribution in [2.24, 2.45) is 16.7 Å². The van der Waals surface area contributed by atoms with Crippen molar-refractivity contribution < 1.29 is 9.59 Å². The molecule has 3 heteroatoms. The molecule has 3 nitrogen and oxygen atoms in total. The van der Waals surface area contributed by atoms with E-state index in [0.717, 1.165) is 25.7 Å². The number of likely N-dealkylation sites (tertiary alicyclic amines) is 1. The van der Waals surface area contributed by atoms with Crippen molar-refractivity contribution in [3.8, 4) is 0 Å². The first-order chi connectivity index (χ1) is 9.36. The standard InChI is InChI=1S/C17H29NO2/c1-5-6-7-8-9-12-18-14(19)13-10-11-17(4,15(18)20)16(13,2)3/h13H,5-12H2,1-4H3/t13-,17+/m1/s1. The monoisotopic (exact) mass is 279 g/mol. The van der Waals surface area contributed by atoms with Crippen LogP contribution < -0.4 is 0 Å². The van der Waals surface area contributed by atoms with Gasteiger partial charge in [0.05, 0.1) is 5.41 Å². The quantitative estimate of drug-likeness (QED) is 0.548. The van der Waals surface area contributed by atoms with Crippen molar-refractivity contribution >= 4 is 11.8 Å². The van der Waals surface area contributed by atoms with Crippen molar-refractivity contribution in [2.75, 3.05) is 6.54 Å². The molecule has 0 aromatic heterocycles. The van der Waals surface area contributed by atoms with Crippen LogP contribution in [-0.4, -0.2) is 23.3 Å². The Bertz CT molecular complexity index is 402. The van der Waals surface area contributed by atoms with E-state index in [9.17, 15) is 9.59 Å². The molecule has 1 aliphatic heterocycles. The van der Waals surface area contributed by atoms with Crippen molar-refractivity contribution in [3.05, 3.63) is 0 Å². The largest absolute Gasteiger partial charge is 0.282 e. The molecule has 0 spiro atoms. The highest BCUT2D eigenvalue weighted by Crippen LogP contribution is 2.59. The minimum atomic E-state index is -0.338. The molecule has 1 saturated heterocycles. The van der Waals surface area contributed by atoms with Crippen molar-refractivity contribution in [1.82, 2.24) is 4.90 Å². The van der Waals surface area contributed by atoms with E-state index in [4.69, 9.17) is 0 Å². The molecule has 2 amide bonds. The van der Waals surface area contributed by atoms with E-state index in [-0.39, 0.29) is 28.6 Å². The van der Waals surface area contributed by atoms with Gasteiger partial charge in [0.15, 0.2) is 0 Å².